The average molecular weight is 288 g/mol. The van der Waals surface area contributed by atoms with Crippen LogP contribution in [0, 0.1) is 5.82 Å². The third-order valence-corrected chi connectivity index (χ3v) is 2.55. The van der Waals surface area contributed by atoms with Crippen molar-refractivity contribution in [2.45, 2.75) is 6.18 Å². The van der Waals surface area contributed by atoms with E-state index in [1.807, 2.05) is 0 Å². The van der Waals surface area contributed by atoms with Gasteiger partial charge in [0.05, 0.1) is 12.7 Å². The van der Waals surface area contributed by atoms with Crippen LogP contribution in [0.3, 0.4) is 0 Å². The van der Waals surface area contributed by atoms with Gasteiger partial charge in [-0.05, 0) is 30.3 Å². The molecule has 0 unspecified atom stereocenters. The van der Waals surface area contributed by atoms with E-state index >= 15 is 0 Å². The molecule has 0 aliphatic heterocycles. The Morgan fingerprint density at radius 1 is 1.20 bits per heavy atom. The smallest absolute Gasteiger partial charge is 0.419 e. The minimum absolute atomic E-state index is 0.00822. The van der Waals surface area contributed by atoms with Crippen molar-refractivity contribution in [1.82, 2.24) is 0 Å². The van der Waals surface area contributed by atoms with Crippen LogP contribution in [0.2, 0.25) is 0 Å². The van der Waals surface area contributed by atoms with Gasteiger partial charge in [0.25, 0.3) is 0 Å². The standard InChI is InChI=1S/C13H8F4O3/c1-19-12(18)11-5-4-10(20-11)7-2-3-9(14)8(6-7)13(15,16)17/h2-6H,1H3. The normalized spacial score (nSPS) is 11.4. The molecule has 0 saturated heterocycles. The van der Waals surface area contributed by atoms with Gasteiger partial charge in [-0.3, -0.25) is 0 Å². The molecule has 7 heteroatoms. The molecule has 2 aromatic rings. The van der Waals surface area contributed by atoms with E-state index in [9.17, 15) is 22.4 Å². The fourth-order valence-corrected chi connectivity index (χ4v) is 1.60. The predicted octanol–water partition coefficient (Wildman–Crippen LogP) is 3.89. The summed E-state index contributed by atoms with van der Waals surface area (Å²) in [5.74, 6) is -2.27. The van der Waals surface area contributed by atoms with E-state index in [0.29, 0.717) is 12.1 Å². The van der Waals surface area contributed by atoms with E-state index in [0.717, 1.165) is 13.2 Å². The minimum atomic E-state index is -4.81. The van der Waals surface area contributed by atoms with Crippen LogP contribution < -0.4 is 0 Å². The molecule has 1 aromatic heterocycles. The zero-order valence-corrected chi connectivity index (χ0v) is 10.1. The second-order valence-electron chi connectivity index (χ2n) is 3.85. The van der Waals surface area contributed by atoms with Crippen molar-refractivity contribution in [2.75, 3.05) is 7.11 Å². The Kier molecular flexibility index (Phi) is 3.52. The van der Waals surface area contributed by atoms with Gasteiger partial charge in [0, 0.05) is 5.56 Å². The fourth-order valence-electron chi connectivity index (χ4n) is 1.60. The molecular formula is C13H8F4O3. The van der Waals surface area contributed by atoms with Gasteiger partial charge < -0.3 is 9.15 Å². The fraction of sp³-hybridized carbons (Fsp3) is 0.154. The summed E-state index contributed by atoms with van der Waals surface area (Å²) in [5, 5.41) is 0. The monoisotopic (exact) mass is 288 g/mol. The molecule has 0 aliphatic rings. The van der Waals surface area contributed by atoms with Gasteiger partial charge in [-0.1, -0.05) is 0 Å². The van der Waals surface area contributed by atoms with Crippen LogP contribution in [0.4, 0.5) is 17.6 Å². The zero-order chi connectivity index (χ0) is 14.9. The van der Waals surface area contributed by atoms with Crippen molar-refractivity contribution >= 4 is 5.97 Å². The van der Waals surface area contributed by atoms with Crippen LogP contribution in [-0.2, 0) is 10.9 Å². The van der Waals surface area contributed by atoms with Crippen LogP contribution in [-0.4, -0.2) is 13.1 Å². The number of esters is 1. The van der Waals surface area contributed by atoms with Crippen molar-refractivity contribution in [3.05, 3.63) is 47.5 Å². The lowest BCUT2D eigenvalue weighted by molar-refractivity contribution is -0.139. The maximum absolute atomic E-state index is 13.1. The Morgan fingerprint density at radius 3 is 2.50 bits per heavy atom. The molecule has 0 radical (unpaired) electrons. The quantitative estimate of drug-likeness (QED) is 0.621. The third kappa shape index (κ3) is 2.66. The molecule has 0 bridgehead atoms. The highest BCUT2D eigenvalue weighted by molar-refractivity contribution is 5.87. The number of carbonyl (C=O) groups is 1. The number of hydrogen-bond donors (Lipinski definition) is 0. The summed E-state index contributed by atoms with van der Waals surface area (Å²) in [4.78, 5) is 11.2. The van der Waals surface area contributed by atoms with Crippen LogP contribution in [0.1, 0.15) is 16.1 Å². The van der Waals surface area contributed by atoms with Crippen LogP contribution in [0.25, 0.3) is 11.3 Å². The number of benzene rings is 1. The van der Waals surface area contributed by atoms with Gasteiger partial charge in [0.2, 0.25) is 5.76 Å². The van der Waals surface area contributed by atoms with E-state index in [1.165, 1.54) is 12.1 Å². The Bertz CT molecular complexity index is 643. The highest BCUT2D eigenvalue weighted by atomic mass is 19.4. The third-order valence-electron chi connectivity index (χ3n) is 2.55. The van der Waals surface area contributed by atoms with Gasteiger partial charge in [-0.2, -0.15) is 13.2 Å². The molecule has 1 heterocycles. The molecule has 0 spiro atoms. The number of rotatable bonds is 2. The van der Waals surface area contributed by atoms with E-state index in [2.05, 4.69) is 4.74 Å². The molecule has 0 saturated carbocycles. The van der Waals surface area contributed by atoms with Crippen molar-refractivity contribution in [2.24, 2.45) is 0 Å². The summed E-state index contributed by atoms with van der Waals surface area (Å²) in [6, 6.07) is 5.01. The number of hydrogen-bond acceptors (Lipinski definition) is 3. The number of halogens is 4. The maximum atomic E-state index is 13.1. The van der Waals surface area contributed by atoms with Gasteiger partial charge in [-0.25, -0.2) is 9.18 Å². The SMILES string of the molecule is COC(=O)c1ccc(-c2ccc(F)c(C(F)(F)F)c2)o1. The Balaban J connectivity index is 2.44. The van der Waals surface area contributed by atoms with E-state index in [-0.39, 0.29) is 17.1 Å². The molecule has 2 rings (SSSR count). The summed E-state index contributed by atoms with van der Waals surface area (Å²) < 4.78 is 60.4. The van der Waals surface area contributed by atoms with Crippen LogP contribution >= 0.6 is 0 Å². The second-order valence-corrected chi connectivity index (χ2v) is 3.85. The number of alkyl halides is 3. The number of ether oxygens (including phenoxy) is 1. The molecule has 106 valence electrons. The Hall–Kier alpha value is -2.31. The molecule has 0 fully saturated rings. The van der Waals surface area contributed by atoms with Crippen molar-refractivity contribution < 1.29 is 31.5 Å². The molecule has 0 atom stereocenters. The number of methoxy groups -OCH3 is 1. The second kappa shape index (κ2) is 4.99. The summed E-state index contributed by atoms with van der Waals surface area (Å²) in [6.45, 7) is 0. The Morgan fingerprint density at radius 2 is 1.90 bits per heavy atom. The summed E-state index contributed by atoms with van der Waals surface area (Å²) in [7, 11) is 1.14. The molecule has 0 amide bonds. The lowest BCUT2D eigenvalue weighted by atomic mass is 10.1. The van der Waals surface area contributed by atoms with Gasteiger partial charge in [0.1, 0.15) is 11.6 Å². The van der Waals surface area contributed by atoms with Gasteiger partial charge in [-0.15, -0.1) is 0 Å². The lowest BCUT2D eigenvalue weighted by Gasteiger charge is -2.08. The van der Waals surface area contributed by atoms with E-state index < -0.39 is 23.5 Å². The first-order valence-corrected chi connectivity index (χ1v) is 5.38. The van der Waals surface area contributed by atoms with Crippen LogP contribution in [0.15, 0.2) is 34.7 Å². The molecule has 1 aromatic carbocycles. The lowest BCUT2D eigenvalue weighted by Crippen LogP contribution is -2.08. The van der Waals surface area contributed by atoms with Gasteiger partial charge >= 0.3 is 12.1 Å². The van der Waals surface area contributed by atoms with Crippen molar-refractivity contribution in [1.29, 1.82) is 0 Å². The molecule has 3 nitrogen and oxygen atoms in total. The zero-order valence-electron chi connectivity index (χ0n) is 10.1. The number of furan rings is 1. The first kappa shape index (κ1) is 14.1. The largest absolute Gasteiger partial charge is 0.463 e. The van der Waals surface area contributed by atoms with Gasteiger partial charge in [0.15, 0.2) is 0 Å². The summed E-state index contributed by atoms with van der Waals surface area (Å²) >= 11 is 0. The van der Waals surface area contributed by atoms with Crippen molar-refractivity contribution in [3.63, 3.8) is 0 Å². The molecular weight excluding hydrogens is 280 g/mol. The minimum Gasteiger partial charge on any atom is -0.463 e. The number of carbonyl (C=O) groups excluding carboxylic acids is 1. The van der Waals surface area contributed by atoms with E-state index in [1.54, 1.807) is 0 Å². The predicted molar refractivity (Wildman–Crippen MR) is 60.4 cm³/mol. The highest BCUT2D eigenvalue weighted by Crippen LogP contribution is 2.34. The first-order chi connectivity index (χ1) is 9.32. The summed E-state index contributed by atoms with van der Waals surface area (Å²) in [6.07, 6.45) is -4.81. The highest BCUT2D eigenvalue weighted by Gasteiger charge is 2.34. The topological polar surface area (TPSA) is 39.4 Å². The average Bonchev–Trinajstić information content (AvgIpc) is 2.86. The first-order valence-electron chi connectivity index (χ1n) is 5.38. The molecule has 0 N–H and O–H groups in total. The molecule has 0 aliphatic carbocycles. The van der Waals surface area contributed by atoms with Crippen LogP contribution in [0.5, 0.6) is 0 Å². The summed E-state index contributed by atoms with van der Waals surface area (Å²) in [5.41, 5.74) is -1.39. The van der Waals surface area contributed by atoms with E-state index in [4.69, 9.17) is 4.42 Å². The maximum Gasteiger partial charge on any atom is 0.419 e. The van der Waals surface area contributed by atoms with Crippen molar-refractivity contribution in [3.8, 4) is 11.3 Å². The molecule has 20 heavy (non-hydrogen) atoms. The Labute approximate surface area is 110 Å².